The van der Waals surface area contributed by atoms with Crippen LogP contribution in [0.3, 0.4) is 0 Å². The molecule has 4 N–H and O–H groups in total. The maximum atomic E-state index is 13.3. The molecule has 7 heteroatoms. The Bertz CT molecular complexity index is 525. The summed E-state index contributed by atoms with van der Waals surface area (Å²) in [6.07, 6.45) is 0. The van der Waals surface area contributed by atoms with Crippen LogP contribution in [-0.2, 0) is 0 Å². The van der Waals surface area contributed by atoms with Crippen LogP contribution >= 0.6 is 15.9 Å². The summed E-state index contributed by atoms with van der Waals surface area (Å²) in [5.41, 5.74) is 11.3. The molecule has 0 aliphatic rings. The van der Waals surface area contributed by atoms with E-state index in [-0.39, 0.29) is 22.2 Å². The number of nitrogens with zero attached hydrogens (tertiary/aromatic N) is 3. The number of halogens is 2. The Balaban J connectivity index is 2.63. The molecule has 0 bridgehead atoms. The minimum atomic E-state index is -0.407. The Morgan fingerprint density at radius 1 is 1.06 bits per heavy atom. The third kappa shape index (κ3) is 1.94. The van der Waals surface area contributed by atoms with Crippen LogP contribution < -0.4 is 11.5 Å². The second kappa shape index (κ2) is 4.01. The third-order valence-corrected chi connectivity index (χ3v) is 2.67. The summed E-state index contributed by atoms with van der Waals surface area (Å²) in [6, 6.07) is 4.52. The first-order valence-corrected chi connectivity index (χ1v) is 5.08. The Labute approximate surface area is 98.9 Å². The van der Waals surface area contributed by atoms with Gasteiger partial charge in [-0.15, -0.1) is 0 Å². The van der Waals surface area contributed by atoms with Gasteiger partial charge in [0.2, 0.25) is 11.9 Å². The molecule has 0 saturated carbocycles. The van der Waals surface area contributed by atoms with Crippen molar-refractivity contribution in [3.05, 3.63) is 28.5 Å². The first kappa shape index (κ1) is 10.7. The maximum absolute atomic E-state index is 13.3. The van der Waals surface area contributed by atoms with E-state index in [1.54, 1.807) is 12.1 Å². The van der Waals surface area contributed by atoms with Gasteiger partial charge in [-0.25, -0.2) is 4.39 Å². The number of aromatic nitrogens is 3. The number of nitrogen functional groups attached to an aromatic ring is 2. The van der Waals surface area contributed by atoms with Gasteiger partial charge in [0.15, 0.2) is 5.82 Å². The van der Waals surface area contributed by atoms with Gasteiger partial charge in [-0.1, -0.05) is 6.07 Å². The van der Waals surface area contributed by atoms with Gasteiger partial charge >= 0.3 is 0 Å². The monoisotopic (exact) mass is 283 g/mol. The van der Waals surface area contributed by atoms with Crippen molar-refractivity contribution < 1.29 is 4.39 Å². The van der Waals surface area contributed by atoms with E-state index in [4.69, 9.17) is 11.5 Å². The summed E-state index contributed by atoms with van der Waals surface area (Å²) in [5.74, 6) is -0.177. The molecule has 16 heavy (non-hydrogen) atoms. The molecule has 0 radical (unpaired) electrons. The van der Waals surface area contributed by atoms with Crippen molar-refractivity contribution in [2.45, 2.75) is 0 Å². The van der Waals surface area contributed by atoms with Gasteiger partial charge in [0.25, 0.3) is 0 Å². The first-order valence-electron chi connectivity index (χ1n) is 4.29. The zero-order valence-electron chi connectivity index (χ0n) is 7.98. The van der Waals surface area contributed by atoms with Crippen LogP contribution in [-0.4, -0.2) is 15.0 Å². The van der Waals surface area contributed by atoms with Crippen molar-refractivity contribution >= 4 is 27.8 Å². The van der Waals surface area contributed by atoms with Crippen LogP contribution in [0.2, 0.25) is 0 Å². The van der Waals surface area contributed by atoms with Crippen molar-refractivity contribution in [3.63, 3.8) is 0 Å². The van der Waals surface area contributed by atoms with E-state index in [2.05, 4.69) is 30.9 Å². The van der Waals surface area contributed by atoms with Gasteiger partial charge < -0.3 is 11.5 Å². The van der Waals surface area contributed by atoms with Crippen LogP contribution in [0.5, 0.6) is 0 Å². The predicted molar refractivity (Wildman–Crippen MR) is 61.7 cm³/mol. The lowest BCUT2D eigenvalue weighted by atomic mass is 10.2. The zero-order valence-corrected chi connectivity index (χ0v) is 9.57. The molecule has 5 nitrogen and oxygen atoms in total. The average molecular weight is 284 g/mol. The highest BCUT2D eigenvalue weighted by Crippen LogP contribution is 2.28. The van der Waals surface area contributed by atoms with Crippen molar-refractivity contribution in [2.75, 3.05) is 11.5 Å². The normalized spacial score (nSPS) is 10.4. The van der Waals surface area contributed by atoms with E-state index in [9.17, 15) is 4.39 Å². The second-order valence-corrected chi connectivity index (χ2v) is 3.77. The number of nitrogens with two attached hydrogens (primary N) is 2. The predicted octanol–water partition coefficient (Wildman–Crippen LogP) is 1.60. The van der Waals surface area contributed by atoms with Crippen LogP contribution in [0.1, 0.15) is 0 Å². The Hall–Kier alpha value is -1.76. The number of hydrogen-bond donors (Lipinski definition) is 2. The molecule has 0 fully saturated rings. The Morgan fingerprint density at radius 2 is 1.69 bits per heavy atom. The second-order valence-electron chi connectivity index (χ2n) is 2.98. The van der Waals surface area contributed by atoms with Gasteiger partial charge in [0, 0.05) is 5.56 Å². The van der Waals surface area contributed by atoms with E-state index in [1.807, 2.05) is 0 Å². The smallest absolute Gasteiger partial charge is 0.225 e. The van der Waals surface area contributed by atoms with Crippen molar-refractivity contribution in [3.8, 4) is 11.4 Å². The van der Waals surface area contributed by atoms with Gasteiger partial charge in [-0.05, 0) is 28.1 Å². The number of benzene rings is 1. The summed E-state index contributed by atoms with van der Waals surface area (Å²) in [4.78, 5) is 11.4. The van der Waals surface area contributed by atoms with Crippen LogP contribution in [0.4, 0.5) is 16.3 Å². The third-order valence-electron chi connectivity index (χ3n) is 1.86. The lowest BCUT2D eigenvalue weighted by Gasteiger charge is -2.04. The highest BCUT2D eigenvalue weighted by molar-refractivity contribution is 9.10. The molecule has 1 aromatic heterocycles. The quantitative estimate of drug-likeness (QED) is 0.830. The van der Waals surface area contributed by atoms with Gasteiger partial charge in [-0.3, -0.25) is 0 Å². The summed E-state index contributed by atoms with van der Waals surface area (Å²) in [7, 11) is 0. The molecule has 0 saturated heterocycles. The van der Waals surface area contributed by atoms with E-state index >= 15 is 0 Å². The summed E-state index contributed by atoms with van der Waals surface area (Å²) in [5, 5.41) is 0. The number of rotatable bonds is 1. The van der Waals surface area contributed by atoms with Crippen LogP contribution in [0.25, 0.3) is 11.4 Å². The minimum absolute atomic E-state index is 0.00124. The largest absolute Gasteiger partial charge is 0.368 e. The van der Waals surface area contributed by atoms with E-state index < -0.39 is 5.82 Å². The molecule has 0 aliphatic carbocycles. The van der Waals surface area contributed by atoms with Gasteiger partial charge in [0.05, 0.1) is 4.47 Å². The van der Waals surface area contributed by atoms with Crippen LogP contribution in [0.15, 0.2) is 22.7 Å². The highest BCUT2D eigenvalue weighted by Gasteiger charge is 2.11. The first-order chi connectivity index (χ1) is 7.58. The fourth-order valence-corrected chi connectivity index (χ4v) is 1.65. The lowest BCUT2D eigenvalue weighted by Crippen LogP contribution is -2.04. The van der Waals surface area contributed by atoms with Crippen molar-refractivity contribution in [2.24, 2.45) is 0 Å². The van der Waals surface area contributed by atoms with Gasteiger partial charge in [0.1, 0.15) is 5.82 Å². The minimum Gasteiger partial charge on any atom is -0.368 e. The lowest BCUT2D eigenvalue weighted by molar-refractivity contribution is 0.621. The molecular weight excluding hydrogens is 277 g/mol. The molecule has 1 aromatic carbocycles. The average Bonchev–Trinajstić information content (AvgIpc) is 2.20. The standard InChI is InChI=1S/C9H7BrFN5/c10-6-4(2-1-3-5(6)11)7-14-8(12)16-9(13)15-7/h1-3H,(H4,12,13,14,15,16). The zero-order chi connectivity index (χ0) is 11.7. The van der Waals surface area contributed by atoms with E-state index in [0.717, 1.165) is 0 Å². The summed E-state index contributed by atoms with van der Waals surface area (Å²) >= 11 is 3.11. The molecule has 0 unspecified atom stereocenters. The fourth-order valence-electron chi connectivity index (χ4n) is 1.21. The van der Waals surface area contributed by atoms with E-state index in [0.29, 0.717) is 5.56 Å². The van der Waals surface area contributed by atoms with Crippen molar-refractivity contribution in [1.29, 1.82) is 0 Å². The summed E-state index contributed by atoms with van der Waals surface area (Å²) < 4.78 is 13.5. The highest BCUT2D eigenvalue weighted by atomic mass is 79.9. The molecule has 2 aromatic rings. The SMILES string of the molecule is Nc1nc(N)nc(-c2cccc(F)c2Br)n1. The molecule has 0 amide bonds. The number of anilines is 2. The Kier molecular flexibility index (Phi) is 2.69. The van der Waals surface area contributed by atoms with Crippen molar-refractivity contribution in [1.82, 2.24) is 15.0 Å². The molecule has 0 spiro atoms. The van der Waals surface area contributed by atoms with Crippen LogP contribution in [0, 0.1) is 5.82 Å². The van der Waals surface area contributed by atoms with E-state index in [1.165, 1.54) is 6.07 Å². The number of hydrogen-bond acceptors (Lipinski definition) is 5. The summed E-state index contributed by atoms with van der Waals surface area (Å²) in [6.45, 7) is 0. The van der Waals surface area contributed by atoms with Gasteiger partial charge in [-0.2, -0.15) is 15.0 Å². The molecule has 2 rings (SSSR count). The Morgan fingerprint density at radius 3 is 2.31 bits per heavy atom. The maximum Gasteiger partial charge on any atom is 0.225 e. The molecule has 0 atom stereocenters. The molecule has 1 heterocycles. The molecular formula is C9H7BrFN5. The molecule has 0 aliphatic heterocycles. The molecule has 82 valence electrons. The fraction of sp³-hybridized carbons (Fsp3) is 0. The topological polar surface area (TPSA) is 90.7 Å².